The van der Waals surface area contributed by atoms with Gasteiger partial charge < -0.3 is 18.9 Å². The quantitative estimate of drug-likeness (QED) is 0.673. The van der Waals surface area contributed by atoms with Crippen LogP contribution in [-0.4, -0.2) is 21.3 Å². The second-order valence-corrected chi connectivity index (χ2v) is 5.62. The Morgan fingerprint density at radius 1 is 0.773 bits per heavy atom. The number of halogens is 1. The first-order valence-corrected chi connectivity index (χ1v) is 7.45. The third-order valence-electron chi connectivity index (χ3n) is 3.44. The van der Waals surface area contributed by atoms with Gasteiger partial charge in [-0.1, -0.05) is 28.1 Å². The van der Waals surface area contributed by atoms with E-state index in [0.717, 1.165) is 15.6 Å². The molecule has 0 unspecified atom stereocenters. The van der Waals surface area contributed by atoms with Crippen molar-refractivity contribution in [2.24, 2.45) is 0 Å². The van der Waals surface area contributed by atoms with Gasteiger partial charge >= 0.3 is 0 Å². The summed E-state index contributed by atoms with van der Waals surface area (Å²) < 4.78 is 23.1. The highest BCUT2D eigenvalue weighted by atomic mass is 79.9. The van der Waals surface area contributed by atoms with Gasteiger partial charge in [0.2, 0.25) is 0 Å². The van der Waals surface area contributed by atoms with Crippen molar-refractivity contribution in [2.45, 2.75) is 0 Å². The summed E-state index contributed by atoms with van der Waals surface area (Å²) in [6, 6.07) is 7.56. The average Bonchev–Trinajstić information content (AvgIpc) is 2.71. The van der Waals surface area contributed by atoms with Crippen LogP contribution in [-0.2, 0) is 0 Å². The van der Waals surface area contributed by atoms with Crippen LogP contribution >= 0.6 is 15.9 Å². The van der Waals surface area contributed by atoms with Crippen molar-refractivity contribution >= 4 is 28.1 Å². The minimum Gasteiger partial charge on any atom is -0.493 e. The maximum absolute atomic E-state index is 6.08. The highest BCUT2D eigenvalue weighted by Crippen LogP contribution is 2.45. The molecule has 2 aromatic rings. The molecule has 4 nitrogen and oxygen atoms in total. The predicted molar refractivity (Wildman–Crippen MR) is 89.2 cm³/mol. The number of hydrogen-bond donors (Lipinski definition) is 0. The number of rotatable bonds is 3. The van der Waals surface area contributed by atoms with Crippen LogP contribution < -0.4 is 18.9 Å². The zero-order chi connectivity index (χ0) is 15.7. The van der Waals surface area contributed by atoms with Crippen LogP contribution in [0.2, 0.25) is 0 Å². The second kappa shape index (κ2) is 5.93. The molecule has 22 heavy (non-hydrogen) atoms. The highest BCUT2D eigenvalue weighted by molar-refractivity contribution is 9.10. The number of methoxy groups -OCH3 is 3. The summed E-state index contributed by atoms with van der Waals surface area (Å²) in [6.45, 7) is 0. The van der Waals surface area contributed by atoms with Crippen LogP contribution in [0, 0.1) is 0 Å². The number of hydrogen-bond acceptors (Lipinski definition) is 4. The zero-order valence-electron chi connectivity index (χ0n) is 12.5. The third-order valence-corrected chi connectivity index (χ3v) is 3.90. The summed E-state index contributed by atoms with van der Waals surface area (Å²) in [5.41, 5.74) is 1.84. The largest absolute Gasteiger partial charge is 0.493 e. The van der Waals surface area contributed by atoms with E-state index in [1.54, 1.807) is 21.3 Å². The molecule has 3 rings (SSSR count). The molecule has 0 spiro atoms. The maximum atomic E-state index is 6.08. The van der Waals surface area contributed by atoms with Gasteiger partial charge in [0.05, 0.1) is 21.3 Å². The topological polar surface area (TPSA) is 36.9 Å². The standard InChI is InChI=1S/C17H15BrO4/c1-19-14-7-10-4-5-11-6-12(18)8-16(21-3)17(11)22-13(10)9-15(14)20-2/h4-9H,1-3H3. The molecule has 1 heterocycles. The lowest BCUT2D eigenvalue weighted by Gasteiger charge is -2.15. The summed E-state index contributed by atoms with van der Waals surface area (Å²) in [4.78, 5) is 0. The van der Waals surface area contributed by atoms with Crippen LogP contribution in [0.4, 0.5) is 0 Å². The monoisotopic (exact) mass is 362 g/mol. The molecule has 0 saturated heterocycles. The minimum absolute atomic E-state index is 0.620. The van der Waals surface area contributed by atoms with Gasteiger partial charge in [-0.3, -0.25) is 0 Å². The number of benzene rings is 2. The van der Waals surface area contributed by atoms with E-state index in [0.29, 0.717) is 28.7 Å². The highest BCUT2D eigenvalue weighted by Gasteiger charge is 2.19. The molecule has 114 valence electrons. The molecule has 1 aliphatic heterocycles. The number of ether oxygens (including phenoxy) is 4. The molecule has 0 bridgehead atoms. The van der Waals surface area contributed by atoms with Crippen LogP contribution in [0.25, 0.3) is 12.2 Å². The van der Waals surface area contributed by atoms with Crippen molar-refractivity contribution in [1.82, 2.24) is 0 Å². The normalized spacial score (nSPS) is 11.8. The molecule has 1 aliphatic rings. The van der Waals surface area contributed by atoms with Crippen LogP contribution in [0.5, 0.6) is 28.7 Å². The molecule has 0 radical (unpaired) electrons. The van der Waals surface area contributed by atoms with Gasteiger partial charge in [-0.05, 0) is 18.2 Å². The molecular formula is C17H15BrO4. The predicted octanol–water partition coefficient (Wildman–Crippen LogP) is 4.75. The Balaban J connectivity index is 2.17. The molecule has 0 aliphatic carbocycles. The van der Waals surface area contributed by atoms with Gasteiger partial charge in [-0.15, -0.1) is 0 Å². The van der Waals surface area contributed by atoms with Crippen LogP contribution in [0.15, 0.2) is 28.7 Å². The Bertz CT molecular complexity index is 753. The van der Waals surface area contributed by atoms with Gasteiger partial charge in [0.15, 0.2) is 23.0 Å². The van der Waals surface area contributed by atoms with Crippen molar-refractivity contribution in [3.05, 3.63) is 39.9 Å². The fraction of sp³-hybridized carbons (Fsp3) is 0.176. The fourth-order valence-electron chi connectivity index (χ4n) is 2.36. The minimum atomic E-state index is 0.620. The Morgan fingerprint density at radius 3 is 2.09 bits per heavy atom. The second-order valence-electron chi connectivity index (χ2n) is 4.71. The van der Waals surface area contributed by atoms with Crippen molar-refractivity contribution < 1.29 is 18.9 Å². The molecule has 0 aromatic heterocycles. The molecule has 5 heteroatoms. The van der Waals surface area contributed by atoms with E-state index >= 15 is 0 Å². The van der Waals surface area contributed by atoms with Crippen molar-refractivity contribution in [1.29, 1.82) is 0 Å². The Hall–Kier alpha value is -2.14. The van der Waals surface area contributed by atoms with Gasteiger partial charge in [0.1, 0.15) is 5.75 Å². The van der Waals surface area contributed by atoms with E-state index in [1.807, 2.05) is 36.4 Å². The van der Waals surface area contributed by atoms with Gasteiger partial charge in [-0.2, -0.15) is 0 Å². The van der Waals surface area contributed by atoms with Crippen LogP contribution in [0.1, 0.15) is 11.1 Å². The lowest BCUT2D eigenvalue weighted by molar-refractivity contribution is 0.349. The molecular weight excluding hydrogens is 348 g/mol. The SMILES string of the molecule is COc1cc2c(cc1OC)Oc1c(cc(Br)cc1OC)C=C2. The van der Waals surface area contributed by atoms with Crippen LogP contribution in [0.3, 0.4) is 0 Å². The first-order chi connectivity index (χ1) is 10.7. The number of fused-ring (bicyclic) bond motifs is 2. The van der Waals surface area contributed by atoms with Gasteiger partial charge in [0.25, 0.3) is 0 Å². The van der Waals surface area contributed by atoms with E-state index < -0.39 is 0 Å². The van der Waals surface area contributed by atoms with E-state index in [-0.39, 0.29) is 0 Å². The molecule has 2 aromatic carbocycles. The van der Waals surface area contributed by atoms with E-state index in [4.69, 9.17) is 18.9 Å². The molecule has 0 N–H and O–H groups in total. The lowest BCUT2D eigenvalue weighted by Crippen LogP contribution is -1.96. The van der Waals surface area contributed by atoms with E-state index in [1.165, 1.54) is 0 Å². The summed E-state index contributed by atoms with van der Waals surface area (Å²) in [5.74, 6) is 3.31. The van der Waals surface area contributed by atoms with E-state index in [9.17, 15) is 0 Å². The zero-order valence-corrected chi connectivity index (χ0v) is 14.1. The van der Waals surface area contributed by atoms with Gasteiger partial charge in [0, 0.05) is 21.7 Å². The molecule has 0 atom stereocenters. The first kappa shape index (κ1) is 14.8. The van der Waals surface area contributed by atoms with Gasteiger partial charge in [-0.25, -0.2) is 0 Å². The first-order valence-electron chi connectivity index (χ1n) is 6.65. The lowest BCUT2D eigenvalue weighted by atomic mass is 10.1. The summed E-state index contributed by atoms with van der Waals surface area (Å²) >= 11 is 3.48. The maximum Gasteiger partial charge on any atom is 0.176 e. The average molecular weight is 363 g/mol. The molecule has 0 amide bonds. The Kier molecular flexibility index (Phi) is 3.98. The molecule has 0 fully saturated rings. The van der Waals surface area contributed by atoms with E-state index in [2.05, 4.69) is 15.9 Å². The van der Waals surface area contributed by atoms with Crippen molar-refractivity contribution in [3.8, 4) is 28.7 Å². The smallest absolute Gasteiger partial charge is 0.176 e. The summed E-state index contributed by atoms with van der Waals surface area (Å²) in [5, 5.41) is 0. The fourth-order valence-corrected chi connectivity index (χ4v) is 2.81. The van der Waals surface area contributed by atoms with Crippen molar-refractivity contribution in [2.75, 3.05) is 21.3 Å². The Morgan fingerprint density at radius 2 is 1.41 bits per heavy atom. The Labute approximate surface area is 137 Å². The summed E-state index contributed by atoms with van der Waals surface area (Å²) in [6.07, 6.45) is 3.97. The third kappa shape index (κ3) is 2.52. The molecule has 0 saturated carbocycles. The van der Waals surface area contributed by atoms with Crippen molar-refractivity contribution in [3.63, 3.8) is 0 Å². The summed E-state index contributed by atoms with van der Waals surface area (Å²) in [7, 11) is 4.83.